The van der Waals surface area contributed by atoms with Crippen molar-refractivity contribution in [3.05, 3.63) is 65.9 Å². The minimum atomic E-state index is -0.545. The maximum absolute atomic E-state index is 12.2. The number of amides is 2. The second-order valence-electron chi connectivity index (χ2n) is 6.80. The number of hydrazine groups is 2. The van der Waals surface area contributed by atoms with Gasteiger partial charge in [0.25, 0.3) is 0 Å². The minimum Gasteiger partial charge on any atom is -0.472 e. The number of aromatic nitrogens is 4. The number of aromatic amines is 1. The number of rotatable bonds is 5. The van der Waals surface area contributed by atoms with Crippen LogP contribution in [0.25, 0.3) is 17.0 Å². The van der Waals surface area contributed by atoms with Gasteiger partial charge in [0.05, 0.1) is 16.7 Å². The number of benzene rings is 2. The van der Waals surface area contributed by atoms with Crippen LogP contribution in [0.15, 0.2) is 54.7 Å². The van der Waals surface area contributed by atoms with Crippen LogP contribution in [0.3, 0.4) is 0 Å². The van der Waals surface area contributed by atoms with Crippen LogP contribution in [0.4, 0.5) is 10.5 Å². The number of carbonyl (C=O) groups excluding carboxylic acids is 1. The van der Waals surface area contributed by atoms with Crippen molar-refractivity contribution in [2.75, 3.05) is 12.1 Å². The van der Waals surface area contributed by atoms with Crippen LogP contribution in [0.1, 0.15) is 11.1 Å². The summed E-state index contributed by atoms with van der Waals surface area (Å²) in [5.41, 5.74) is 3.97. The molecule has 4 aromatic rings. The van der Waals surface area contributed by atoms with Gasteiger partial charge in [-0.15, -0.1) is 5.10 Å². The standard InChI is InChI=1S/C20H22N8O2/c1-13-6-5-9-17(28(22)20(29)26(2)21)14(13)12-30-18-10-11-27(25-18)19-23-15-7-3-4-8-16(15)24-19/h3-11H,12,21-22H2,1-2H3,(H,23,24). The lowest BCUT2D eigenvalue weighted by Crippen LogP contribution is -2.49. The Morgan fingerprint density at radius 2 is 1.97 bits per heavy atom. The quantitative estimate of drug-likeness (QED) is 0.265. The molecule has 0 spiro atoms. The van der Waals surface area contributed by atoms with Gasteiger partial charge in [-0.05, 0) is 30.7 Å². The van der Waals surface area contributed by atoms with Gasteiger partial charge in [-0.1, -0.05) is 24.3 Å². The normalized spacial score (nSPS) is 10.9. The topological polar surface area (TPSA) is 131 Å². The fourth-order valence-electron chi connectivity index (χ4n) is 3.07. The number of imidazole rings is 1. The molecule has 10 nitrogen and oxygen atoms in total. The summed E-state index contributed by atoms with van der Waals surface area (Å²) in [7, 11) is 1.43. The summed E-state index contributed by atoms with van der Waals surface area (Å²) in [5, 5.41) is 6.34. The first-order chi connectivity index (χ1) is 14.4. The van der Waals surface area contributed by atoms with Crippen molar-refractivity contribution in [2.24, 2.45) is 11.7 Å². The van der Waals surface area contributed by atoms with E-state index in [1.165, 1.54) is 7.05 Å². The van der Waals surface area contributed by atoms with E-state index in [9.17, 15) is 4.79 Å². The summed E-state index contributed by atoms with van der Waals surface area (Å²) in [6, 6.07) is 14.4. The lowest BCUT2D eigenvalue weighted by atomic mass is 10.1. The molecule has 30 heavy (non-hydrogen) atoms. The molecular formula is C20H22N8O2. The smallest absolute Gasteiger partial charge is 0.352 e. The van der Waals surface area contributed by atoms with E-state index in [0.717, 1.165) is 32.2 Å². The SMILES string of the molecule is Cc1cccc(N(N)C(=O)N(C)N)c1COc1ccn(-c2nc3ccccc3[nH]2)n1. The van der Waals surface area contributed by atoms with Gasteiger partial charge in [-0.3, -0.25) is 5.01 Å². The van der Waals surface area contributed by atoms with E-state index in [4.69, 9.17) is 16.4 Å². The highest BCUT2D eigenvalue weighted by molar-refractivity contribution is 5.91. The largest absolute Gasteiger partial charge is 0.472 e. The van der Waals surface area contributed by atoms with Gasteiger partial charge in [0.2, 0.25) is 11.8 Å². The highest BCUT2D eigenvalue weighted by Crippen LogP contribution is 2.24. The fourth-order valence-corrected chi connectivity index (χ4v) is 3.07. The minimum absolute atomic E-state index is 0.175. The van der Waals surface area contributed by atoms with Crippen molar-refractivity contribution >= 4 is 22.8 Å². The van der Waals surface area contributed by atoms with Crippen LogP contribution in [-0.2, 0) is 6.61 Å². The van der Waals surface area contributed by atoms with E-state index in [2.05, 4.69) is 15.1 Å². The Bertz CT molecular complexity index is 1160. The third kappa shape index (κ3) is 3.69. The Kier molecular flexibility index (Phi) is 5.09. The van der Waals surface area contributed by atoms with Crippen molar-refractivity contribution in [1.29, 1.82) is 0 Å². The highest BCUT2D eigenvalue weighted by Gasteiger charge is 2.19. The Morgan fingerprint density at radius 3 is 2.73 bits per heavy atom. The van der Waals surface area contributed by atoms with Crippen molar-refractivity contribution in [2.45, 2.75) is 13.5 Å². The van der Waals surface area contributed by atoms with Crippen LogP contribution in [0, 0.1) is 6.92 Å². The van der Waals surface area contributed by atoms with E-state index < -0.39 is 6.03 Å². The number of hydrogen-bond donors (Lipinski definition) is 3. The molecule has 2 amide bonds. The fraction of sp³-hybridized carbons (Fsp3) is 0.150. The summed E-state index contributed by atoms with van der Waals surface area (Å²) in [6.07, 6.45) is 1.76. The first kappa shape index (κ1) is 19.4. The monoisotopic (exact) mass is 406 g/mol. The number of nitrogens with zero attached hydrogens (tertiary/aromatic N) is 5. The third-order valence-corrected chi connectivity index (χ3v) is 4.68. The molecule has 0 aliphatic carbocycles. The van der Waals surface area contributed by atoms with Gasteiger partial charge in [0.15, 0.2) is 0 Å². The molecule has 0 aliphatic rings. The number of ether oxygens (including phenoxy) is 1. The van der Waals surface area contributed by atoms with Crippen LogP contribution in [0.2, 0.25) is 0 Å². The molecule has 0 aliphatic heterocycles. The average molecular weight is 406 g/mol. The molecule has 0 saturated heterocycles. The van der Waals surface area contributed by atoms with Crippen molar-refractivity contribution < 1.29 is 9.53 Å². The number of H-pyrrole nitrogens is 1. The molecule has 0 radical (unpaired) electrons. The molecule has 4 rings (SSSR count). The zero-order chi connectivity index (χ0) is 21.3. The molecule has 10 heteroatoms. The van der Waals surface area contributed by atoms with E-state index in [1.54, 1.807) is 23.0 Å². The molecule has 154 valence electrons. The summed E-state index contributed by atoms with van der Waals surface area (Å²) in [5.74, 6) is 12.5. The number of nitrogens with one attached hydrogen (secondary N) is 1. The summed E-state index contributed by atoms with van der Waals surface area (Å²) in [4.78, 5) is 19.9. The Morgan fingerprint density at radius 1 is 1.17 bits per heavy atom. The molecule has 2 heterocycles. The predicted octanol–water partition coefficient (Wildman–Crippen LogP) is 2.24. The maximum Gasteiger partial charge on any atom is 0.352 e. The zero-order valence-corrected chi connectivity index (χ0v) is 16.6. The number of hydrogen-bond acceptors (Lipinski definition) is 6. The number of urea groups is 1. The molecule has 2 aromatic carbocycles. The first-order valence-corrected chi connectivity index (χ1v) is 9.23. The van der Waals surface area contributed by atoms with E-state index >= 15 is 0 Å². The number of nitrogens with two attached hydrogens (primary N) is 2. The second-order valence-corrected chi connectivity index (χ2v) is 6.80. The summed E-state index contributed by atoms with van der Waals surface area (Å²) >= 11 is 0. The van der Waals surface area contributed by atoms with Crippen LogP contribution in [-0.4, -0.2) is 37.8 Å². The molecular weight excluding hydrogens is 384 g/mol. The van der Waals surface area contributed by atoms with E-state index in [1.807, 2.05) is 43.3 Å². The Hall–Kier alpha value is -3.89. The zero-order valence-electron chi connectivity index (χ0n) is 16.6. The van der Waals surface area contributed by atoms with Gasteiger partial charge >= 0.3 is 6.03 Å². The maximum atomic E-state index is 12.2. The van der Waals surface area contributed by atoms with Crippen LogP contribution in [0.5, 0.6) is 5.88 Å². The molecule has 0 fully saturated rings. The average Bonchev–Trinajstić information content (AvgIpc) is 3.38. The number of anilines is 1. The van der Waals surface area contributed by atoms with Gasteiger partial charge < -0.3 is 9.72 Å². The number of carbonyl (C=O) groups is 1. The molecule has 2 aromatic heterocycles. The van der Waals surface area contributed by atoms with E-state index in [-0.39, 0.29) is 6.61 Å². The van der Waals surface area contributed by atoms with Crippen molar-refractivity contribution in [3.8, 4) is 11.8 Å². The molecule has 5 N–H and O–H groups in total. The van der Waals surface area contributed by atoms with Crippen LogP contribution >= 0.6 is 0 Å². The van der Waals surface area contributed by atoms with Gasteiger partial charge in [0.1, 0.15) is 6.61 Å². The number of fused-ring (bicyclic) bond motifs is 1. The number of aryl methyl sites for hydroxylation is 1. The first-order valence-electron chi connectivity index (χ1n) is 9.23. The lowest BCUT2D eigenvalue weighted by molar-refractivity contribution is 0.216. The summed E-state index contributed by atoms with van der Waals surface area (Å²) < 4.78 is 7.48. The second kappa shape index (κ2) is 7.85. The highest BCUT2D eigenvalue weighted by atomic mass is 16.5. The predicted molar refractivity (Wildman–Crippen MR) is 113 cm³/mol. The van der Waals surface area contributed by atoms with E-state index in [0.29, 0.717) is 17.5 Å². The van der Waals surface area contributed by atoms with Gasteiger partial charge in [0, 0.05) is 24.9 Å². The Labute approximate surface area is 172 Å². The van der Waals surface area contributed by atoms with Gasteiger partial charge in [-0.2, -0.15) is 0 Å². The molecule has 0 bridgehead atoms. The van der Waals surface area contributed by atoms with Gasteiger partial charge in [-0.25, -0.2) is 31.2 Å². The van der Waals surface area contributed by atoms with Crippen molar-refractivity contribution in [1.82, 2.24) is 24.8 Å². The Balaban J connectivity index is 1.54. The number of para-hydroxylation sites is 2. The molecule has 0 unspecified atom stereocenters. The third-order valence-electron chi connectivity index (χ3n) is 4.68. The molecule has 0 atom stereocenters. The molecule has 0 saturated carbocycles. The van der Waals surface area contributed by atoms with Crippen LogP contribution < -0.4 is 21.4 Å². The lowest BCUT2D eigenvalue weighted by Gasteiger charge is -2.24. The summed E-state index contributed by atoms with van der Waals surface area (Å²) in [6.45, 7) is 2.09. The van der Waals surface area contributed by atoms with Crippen molar-refractivity contribution in [3.63, 3.8) is 0 Å².